The molecule has 0 bridgehead atoms. The van der Waals surface area contributed by atoms with Gasteiger partial charge in [0.1, 0.15) is 18.1 Å². The van der Waals surface area contributed by atoms with E-state index in [2.05, 4.69) is 15.9 Å². The molecule has 8 heteroatoms. The molecule has 0 aliphatic heterocycles. The number of halogens is 5. The van der Waals surface area contributed by atoms with Crippen molar-refractivity contribution in [3.05, 3.63) is 28.5 Å². The number of amides is 1. The van der Waals surface area contributed by atoms with Gasteiger partial charge < -0.3 is 10.1 Å². The highest BCUT2D eigenvalue weighted by Crippen LogP contribution is 2.20. The van der Waals surface area contributed by atoms with Crippen LogP contribution in [-0.4, -0.2) is 25.2 Å². The maximum Gasteiger partial charge on any atom is 0.405 e. The van der Waals surface area contributed by atoms with Gasteiger partial charge in [0.05, 0.1) is 0 Å². The maximum absolute atomic E-state index is 12.9. The van der Waals surface area contributed by atoms with Gasteiger partial charge in [0.15, 0.2) is 6.61 Å². The number of carbonyl (C=O) groups is 1. The van der Waals surface area contributed by atoms with E-state index in [0.717, 1.165) is 6.07 Å². The fraction of sp³-hybridized carbons (Fsp3) is 0.300. The number of ether oxygens (including phenoxy) is 1. The summed E-state index contributed by atoms with van der Waals surface area (Å²) >= 11 is 3.01. The summed E-state index contributed by atoms with van der Waals surface area (Å²) in [7, 11) is 0. The molecule has 0 fully saturated rings. The van der Waals surface area contributed by atoms with E-state index in [9.17, 15) is 22.4 Å². The van der Waals surface area contributed by atoms with Crippen molar-refractivity contribution >= 4 is 21.8 Å². The van der Waals surface area contributed by atoms with E-state index in [4.69, 9.17) is 4.74 Å². The van der Waals surface area contributed by atoms with Crippen LogP contribution in [0, 0.1) is 5.82 Å². The van der Waals surface area contributed by atoms with Crippen molar-refractivity contribution in [3.63, 3.8) is 0 Å². The Morgan fingerprint density at radius 3 is 2.56 bits per heavy atom. The molecule has 0 unspecified atom stereocenters. The number of hydrogen-bond donors (Lipinski definition) is 1. The predicted octanol–water partition coefficient (Wildman–Crippen LogP) is 2.65. The molecule has 100 valence electrons. The summed E-state index contributed by atoms with van der Waals surface area (Å²) in [6, 6.07) is 3.58. The smallest absolute Gasteiger partial charge is 0.405 e. The standard InChI is InChI=1S/C10H8BrF4NO2/c11-6-1-7(12)3-8(2-6)18-4-9(17)16-5-10(13,14)15/h1-3H,4-5H2,(H,16,17). The molecule has 1 aromatic carbocycles. The number of alkyl halides is 3. The Morgan fingerprint density at radius 1 is 1.33 bits per heavy atom. The molecular formula is C10H8BrF4NO2. The lowest BCUT2D eigenvalue weighted by molar-refractivity contribution is -0.139. The second-order valence-electron chi connectivity index (χ2n) is 3.29. The van der Waals surface area contributed by atoms with Crippen LogP contribution in [0.5, 0.6) is 5.75 Å². The minimum Gasteiger partial charge on any atom is -0.484 e. The van der Waals surface area contributed by atoms with Crippen LogP contribution in [0.2, 0.25) is 0 Å². The summed E-state index contributed by atoms with van der Waals surface area (Å²) in [5, 5.41) is 1.63. The molecule has 3 nitrogen and oxygen atoms in total. The summed E-state index contributed by atoms with van der Waals surface area (Å²) in [5.41, 5.74) is 0. The lowest BCUT2D eigenvalue weighted by atomic mass is 10.3. The van der Waals surface area contributed by atoms with Crippen LogP contribution in [0.4, 0.5) is 17.6 Å². The summed E-state index contributed by atoms with van der Waals surface area (Å²) in [6.07, 6.45) is -4.47. The molecule has 0 aromatic heterocycles. The SMILES string of the molecule is O=C(COc1cc(F)cc(Br)c1)NCC(F)(F)F. The first kappa shape index (κ1) is 14.7. The van der Waals surface area contributed by atoms with E-state index in [1.807, 2.05) is 0 Å². The van der Waals surface area contributed by atoms with Gasteiger partial charge in [-0.3, -0.25) is 4.79 Å². The molecule has 0 atom stereocenters. The second-order valence-corrected chi connectivity index (χ2v) is 4.20. The Labute approximate surface area is 108 Å². The molecule has 0 radical (unpaired) electrons. The van der Waals surface area contributed by atoms with Gasteiger partial charge in [0, 0.05) is 10.5 Å². The van der Waals surface area contributed by atoms with Gasteiger partial charge in [-0.25, -0.2) is 4.39 Å². The van der Waals surface area contributed by atoms with Crippen molar-refractivity contribution in [2.75, 3.05) is 13.2 Å². The van der Waals surface area contributed by atoms with Gasteiger partial charge in [0.2, 0.25) is 0 Å². The largest absolute Gasteiger partial charge is 0.484 e. The highest BCUT2D eigenvalue weighted by molar-refractivity contribution is 9.10. The highest BCUT2D eigenvalue weighted by Gasteiger charge is 2.27. The molecule has 1 amide bonds. The lowest BCUT2D eigenvalue weighted by Crippen LogP contribution is -2.36. The van der Waals surface area contributed by atoms with Gasteiger partial charge in [-0.05, 0) is 12.1 Å². The Bertz CT molecular complexity index is 416. The number of carbonyl (C=O) groups excluding carboxylic acids is 1. The molecule has 0 heterocycles. The Hall–Kier alpha value is -1.31. The number of nitrogens with one attached hydrogen (secondary N) is 1. The van der Waals surface area contributed by atoms with Crippen LogP contribution >= 0.6 is 15.9 Å². The molecular weight excluding hydrogens is 322 g/mol. The average molecular weight is 330 g/mol. The summed E-state index contributed by atoms with van der Waals surface area (Å²) in [6.45, 7) is -2.05. The lowest BCUT2D eigenvalue weighted by Gasteiger charge is -2.09. The Morgan fingerprint density at radius 2 is 2.00 bits per heavy atom. The number of rotatable bonds is 4. The van der Waals surface area contributed by atoms with Crippen molar-refractivity contribution in [1.82, 2.24) is 5.32 Å². The topological polar surface area (TPSA) is 38.3 Å². The van der Waals surface area contributed by atoms with Gasteiger partial charge in [-0.15, -0.1) is 0 Å². The van der Waals surface area contributed by atoms with E-state index in [1.54, 1.807) is 5.32 Å². The quantitative estimate of drug-likeness (QED) is 0.862. The molecule has 0 aliphatic carbocycles. The Kier molecular flexibility index (Phi) is 4.94. The Balaban J connectivity index is 2.43. The van der Waals surface area contributed by atoms with E-state index in [0.29, 0.717) is 4.47 Å². The minimum absolute atomic E-state index is 0.0454. The molecule has 0 spiro atoms. The molecule has 1 rings (SSSR count). The highest BCUT2D eigenvalue weighted by atomic mass is 79.9. The van der Waals surface area contributed by atoms with Crippen molar-refractivity contribution in [3.8, 4) is 5.75 Å². The normalized spacial score (nSPS) is 11.2. The number of hydrogen-bond acceptors (Lipinski definition) is 2. The fourth-order valence-corrected chi connectivity index (χ4v) is 1.45. The van der Waals surface area contributed by atoms with E-state index in [-0.39, 0.29) is 5.75 Å². The minimum atomic E-state index is -4.47. The summed E-state index contributed by atoms with van der Waals surface area (Å²) in [4.78, 5) is 11.0. The molecule has 0 saturated carbocycles. The third-order valence-electron chi connectivity index (χ3n) is 1.69. The average Bonchev–Trinajstić information content (AvgIpc) is 2.21. The monoisotopic (exact) mass is 329 g/mol. The predicted molar refractivity (Wildman–Crippen MR) is 58.7 cm³/mol. The zero-order chi connectivity index (χ0) is 13.8. The zero-order valence-electron chi connectivity index (χ0n) is 8.85. The first-order valence-corrected chi connectivity index (χ1v) is 5.48. The van der Waals surface area contributed by atoms with Gasteiger partial charge in [-0.2, -0.15) is 13.2 Å². The first-order valence-electron chi connectivity index (χ1n) is 4.68. The van der Waals surface area contributed by atoms with Crippen molar-refractivity contribution in [1.29, 1.82) is 0 Å². The van der Waals surface area contributed by atoms with Crippen LogP contribution in [-0.2, 0) is 4.79 Å². The zero-order valence-corrected chi connectivity index (χ0v) is 10.4. The third kappa shape index (κ3) is 5.85. The van der Waals surface area contributed by atoms with Crippen LogP contribution in [0.25, 0.3) is 0 Å². The van der Waals surface area contributed by atoms with Crippen molar-refractivity contribution in [2.45, 2.75) is 6.18 Å². The summed E-state index contributed by atoms with van der Waals surface area (Å²) < 4.78 is 53.5. The summed E-state index contributed by atoms with van der Waals surface area (Å²) in [5.74, 6) is -1.48. The fourth-order valence-electron chi connectivity index (χ4n) is 1.01. The molecule has 18 heavy (non-hydrogen) atoms. The number of benzene rings is 1. The van der Waals surface area contributed by atoms with Crippen molar-refractivity contribution in [2.24, 2.45) is 0 Å². The molecule has 1 aromatic rings. The van der Waals surface area contributed by atoms with E-state index < -0.39 is 31.1 Å². The van der Waals surface area contributed by atoms with Gasteiger partial charge in [-0.1, -0.05) is 15.9 Å². The van der Waals surface area contributed by atoms with Crippen molar-refractivity contribution < 1.29 is 27.1 Å². The van der Waals surface area contributed by atoms with Crippen LogP contribution in [0.15, 0.2) is 22.7 Å². The van der Waals surface area contributed by atoms with E-state index in [1.165, 1.54) is 12.1 Å². The maximum atomic E-state index is 12.9. The third-order valence-corrected chi connectivity index (χ3v) is 2.15. The van der Waals surface area contributed by atoms with Crippen LogP contribution in [0.3, 0.4) is 0 Å². The van der Waals surface area contributed by atoms with Gasteiger partial charge in [0.25, 0.3) is 5.91 Å². The first-order chi connectivity index (χ1) is 8.26. The van der Waals surface area contributed by atoms with Crippen LogP contribution in [0.1, 0.15) is 0 Å². The van der Waals surface area contributed by atoms with Crippen LogP contribution < -0.4 is 10.1 Å². The molecule has 0 saturated heterocycles. The van der Waals surface area contributed by atoms with E-state index >= 15 is 0 Å². The second kappa shape index (κ2) is 6.03. The molecule has 1 N–H and O–H groups in total. The molecule has 0 aliphatic rings. The van der Waals surface area contributed by atoms with Gasteiger partial charge >= 0.3 is 6.18 Å².